The lowest BCUT2D eigenvalue weighted by Crippen LogP contribution is -2.18. The number of ether oxygens (including phenoxy) is 2. The van der Waals surface area contributed by atoms with E-state index in [4.69, 9.17) is 9.47 Å². The fourth-order valence-corrected chi connectivity index (χ4v) is 3.74. The van der Waals surface area contributed by atoms with Crippen LogP contribution in [0.15, 0.2) is 46.3 Å². The zero-order valence-electron chi connectivity index (χ0n) is 15.4. The van der Waals surface area contributed by atoms with Crippen LogP contribution in [0, 0.1) is 0 Å². The number of rotatable bonds is 7. The van der Waals surface area contributed by atoms with Crippen LogP contribution in [0.2, 0.25) is 0 Å². The molecule has 0 amide bonds. The quantitative estimate of drug-likeness (QED) is 0.387. The summed E-state index contributed by atoms with van der Waals surface area (Å²) in [6, 6.07) is 0. The van der Waals surface area contributed by atoms with Gasteiger partial charge in [0.2, 0.25) is 0 Å². The van der Waals surface area contributed by atoms with Crippen molar-refractivity contribution in [2.45, 2.75) is 31.4 Å². The topological polar surface area (TPSA) is 68.2 Å². The van der Waals surface area contributed by atoms with Crippen LogP contribution < -0.4 is 0 Å². The standard InChI is InChI=1S/C19H24N2O4S/c1-4-24-18(23)6-5-11-25-15-9-7-14(8-10-15)12-17-16(13-22)21(3)19(20-2)26-17/h7,9-10,12,17H,4-6,8,11H2,1-3H3. The Hall–Kier alpha value is -2.24. The number of allylic oxidation sites excluding steroid dienone is 4. The predicted molar refractivity (Wildman–Crippen MR) is 103 cm³/mol. The van der Waals surface area contributed by atoms with Gasteiger partial charge in [-0.3, -0.25) is 9.79 Å². The molecule has 0 radical (unpaired) electrons. The van der Waals surface area contributed by atoms with Gasteiger partial charge in [0.05, 0.1) is 18.5 Å². The maximum Gasteiger partial charge on any atom is 0.305 e. The highest BCUT2D eigenvalue weighted by Crippen LogP contribution is 2.34. The molecule has 6 nitrogen and oxygen atoms in total. The van der Waals surface area contributed by atoms with Crippen LogP contribution in [0.1, 0.15) is 26.2 Å². The molecule has 2 rings (SSSR count). The molecule has 2 aliphatic rings. The molecule has 0 saturated carbocycles. The highest BCUT2D eigenvalue weighted by Gasteiger charge is 2.31. The van der Waals surface area contributed by atoms with Gasteiger partial charge in [0, 0.05) is 20.5 Å². The van der Waals surface area contributed by atoms with Crippen molar-refractivity contribution in [3.05, 3.63) is 41.3 Å². The van der Waals surface area contributed by atoms with Crippen LogP contribution in [0.3, 0.4) is 0 Å². The molecule has 1 heterocycles. The first-order chi connectivity index (χ1) is 12.6. The lowest BCUT2D eigenvalue weighted by Gasteiger charge is -2.13. The molecule has 1 fully saturated rings. The molecule has 26 heavy (non-hydrogen) atoms. The van der Waals surface area contributed by atoms with Gasteiger partial charge in [-0.25, -0.2) is 4.79 Å². The van der Waals surface area contributed by atoms with E-state index >= 15 is 0 Å². The Morgan fingerprint density at radius 3 is 2.92 bits per heavy atom. The van der Waals surface area contributed by atoms with Crippen LogP contribution in [0.5, 0.6) is 0 Å². The number of nitrogens with zero attached hydrogens (tertiary/aromatic N) is 2. The number of amidine groups is 1. The summed E-state index contributed by atoms with van der Waals surface area (Å²) in [6.07, 6.45) is 9.68. The third kappa shape index (κ3) is 5.38. The second-order valence-electron chi connectivity index (χ2n) is 5.73. The van der Waals surface area contributed by atoms with E-state index in [1.165, 1.54) is 11.8 Å². The molecule has 140 valence electrons. The largest absolute Gasteiger partial charge is 0.494 e. The van der Waals surface area contributed by atoms with Crippen LogP contribution in [-0.4, -0.2) is 54.5 Å². The molecule has 0 aromatic carbocycles. The minimum Gasteiger partial charge on any atom is -0.494 e. The van der Waals surface area contributed by atoms with Crippen molar-refractivity contribution in [3.8, 4) is 0 Å². The highest BCUT2D eigenvalue weighted by molar-refractivity contribution is 8.15. The minimum atomic E-state index is -0.192. The first-order valence-corrected chi connectivity index (χ1v) is 9.46. The summed E-state index contributed by atoms with van der Waals surface area (Å²) in [6.45, 7) is 2.68. The average molecular weight is 376 g/mol. The second-order valence-corrected chi connectivity index (χ2v) is 6.84. The zero-order valence-corrected chi connectivity index (χ0v) is 16.2. The summed E-state index contributed by atoms with van der Waals surface area (Å²) in [4.78, 5) is 28.5. The van der Waals surface area contributed by atoms with E-state index in [1.54, 1.807) is 18.9 Å². The van der Waals surface area contributed by atoms with Crippen LogP contribution >= 0.6 is 11.8 Å². The molecule has 1 aliphatic carbocycles. The SMILES string of the molecule is CCOC(=O)CCCOC1=CCC(=CC2SC(=NC)N(C)C2=C=O)C=C1. The van der Waals surface area contributed by atoms with Crippen molar-refractivity contribution in [1.29, 1.82) is 0 Å². The number of aliphatic imine (C=N–C) groups is 1. The van der Waals surface area contributed by atoms with Gasteiger partial charge in [-0.2, -0.15) is 0 Å². The zero-order chi connectivity index (χ0) is 18.9. The third-order valence-electron chi connectivity index (χ3n) is 3.91. The normalized spacial score (nSPS) is 22.6. The van der Waals surface area contributed by atoms with Crippen LogP contribution in [0.25, 0.3) is 0 Å². The molecule has 0 spiro atoms. The Kier molecular flexibility index (Phi) is 7.75. The Morgan fingerprint density at radius 1 is 1.50 bits per heavy atom. The van der Waals surface area contributed by atoms with Gasteiger partial charge in [-0.15, -0.1) is 0 Å². The molecule has 0 N–H and O–H groups in total. The molecule has 1 saturated heterocycles. The Labute approximate surface area is 158 Å². The average Bonchev–Trinajstić information content (AvgIpc) is 2.95. The van der Waals surface area contributed by atoms with Gasteiger partial charge in [-0.1, -0.05) is 23.9 Å². The monoisotopic (exact) mass is 376 g/mol. The lowest BCUT2D eigenvalue weighted by molar-refractivity contribution is -0.143. The van der Waals surface area contributed by atoms with E-state index in [9.17, 15) is 9.59 Å². The van der Waals surface area contributed by atoms with E-state index in [2.05, 4.69) is 11.1 Å². The lowest BCUT2D eigenvalue weighted by atomic mass is 10.0. The van der Waals surface area contributed by atoms with E-state index in [0.29, 0.717) is 31.8 Å². The van der Waals surface area contributed by atoms with Gasteiger partial charge >= 0.3 is 5.97 Å². The first kappa shape index (κ1) is 20.1. The maximum absolute atomic E-state index is 11.3. The van der Waals surface area contributed by atoms with E-state index in [1.807, 2.05) is 31.2 Å². The van der Waals surface area contributed by atoms with Gasteiger partial charge < -0.3 is 14.4 Å². The number of carbonyl (C=O) groups is 1. The summed E-state index contributed by atoms with van der Waals surface area (Å²) < 4.78 is 10.5. The van der Waals surface area contributed by atoms with E-state index in [0.717, 1.165) is 22.9 Å². The van der Waals surface area contributed by atoms with Crippen LogP contribution in [0.4, 0.5) is 0 Å². The van der Waals surface area contributed by atoms with Crippen molar-refractivity contribution in [2.24, 2.45) is 4.99 Å². The summed E-state index contributed by atoms with van der Waals surface area (Å²) in [7, 11) is 3.54. The number of carbonyl (C=O) groups excluding carboxylic acids is 2. The smallest absolute Gasteiger partial charge is 0.305 e. The summed E-state index contributed by atoms with van der Waals surface area (Å²) in [5, 5.41) is 0.738. The molecular weight excluding hydrogens is 352 g/mol. The molecule has 0 aromatic rings. The number of thioether (sulfide) groups is 1. The fraction of sp³-hybridized carbons (Fsp3) is 0.474. The number of hydrogen-bond acceptors (Lipinski definition) is 6. The van der Waals surface area contributed by atoms with Crippen molar-refractivity contribution in [2.75, 3.05) is 27.3 Å². The van der Waals surface area contributed by atoms with Crippen molar-refractivity contribution >= 4 is 28.8 Å². The van der Waals surface area contributed by atoms with Gasteiger partial charge in [0.25, 0.3) is 0 Å². The minimum absolute atomic E-state index is 0.0729. The third-order valence-corrected chi connectivity index (χ3v) is 5.19. The van der Waals surface area contributed by atoms with Crippen molar-refractivity contribution in [1.82, 2.24) is 4.90 Å². The van der Waals surface area contributed by atoms with Crippen molar-refractivity contribution < 1.29 is 19.1 Å². The Balaban J connectivity index is 1.84. The molecule has 7 heteroatoms. The number of esters is 1. The van der Waals surface area contributed by atoms with Gasteiger partial charge in [-0.05, 0) is 37.5 Å². The number of hydrogen-bond donors (Lipinski definition) is 0. The molecule has 1 atom stereocenters. The fourth-order valence-electron chi connectivity index (χ4n) is 2.59. The Bertz CT molecular complexity index is 702. The summed E-state index contributed by atoms with van der Waals surface area (Å²) >= 11 is 1.54. The molecule has 0 bridgehead atoms. The van der Waals surface area contributed by atoms with E-state index < -0.39 is 0 Å². The van der Waals surface area contributed by atoms with Crippen molar-refractivity contribution in [3.63, 3.8) is 0 Å². The van der Waals surface area contributed by atoms with Crippen LogP contribution in [-0.2, 0) is 19.1 Å². The molecular formula is C19H24N2O4S. The maximum atomic E-state index is 11.3. The summed E-state index contributed by atoms with van der Waals surface area (Å²) in [5.74, 6) is 2.63. The second kappa shape index (κ2) is 10.0. The summed E-state index contributed by atoms with van der Waals surface area (Å²) in [5.41, 5.74) is 1.70. The first-order valence-electron chi connectivity index (χ1n) is 8.58. The van der Waals surface area contributed by atoms with Gasteiger partial charge in [0.1, 0.15) is 17.4 Å². The molecule has 1 aliphatic heterocycles. The van der Waals surface area contributed by atoms with E-state index in [-0.39, 0.29) is 11.2 Å². The molecule has 0 aromatic heterocycles. The Morgan fingerprint density at radius 2 is 2.31 bits per heavy atom. The highest BCUT2D eigenvalue weighted by atomic mass is 32.2. The van der Waals surface area contributed by atoms with Gasteiger partial charge in [0.15, 0.2) is 5.17 Å². The molecule has 1 unspecified atom stereocenters. The predicted octanol–water partition coefficient (Wildman–Crippen LogP) is 2.87.